The molecule has 2 heterocycles. The van der Waals surface area contributed by atoms with E-state index >= 15 is 0 Å². The first-order valence-electron chi connectivity index (χ1n) is 9.59. The fourth-order valence-electron chi connectivity index (χ4n) is 3.14. The molecule has 1 saturated heterocycles. The Labute approximate surface area is 165 Å². The van der Waals surface area contributed by atoms with Crippen LogP contribution in [0.3, 0.4) is 0 Å². The van der Waals surface area contributed by atoms with Gasteiger partial charge < -0.3 is 19.9 Å². The number of guanidine groups is 1. The molecule has 1 N–H and O–H groups in total. The Balaban J connectivity index is 1.59. The van der Waals surface area contributed by atoms with Crippen molar-refractivity contribution in [1.29, 1.82) is 0 Å². The van der Waals surface area contributed by atoms with Gasteiger partial charge in [-0.05, 0) is 37.6 Å². The summed E-state index contributed by atoms with van der Waals surface area (Å²) in [4.78, 5) is 14.2. The van der Waals surface area contributed by atoms with Gasteiger partial charge in [0.15, 0.2) is 5.96 Å². The van der Waals surface area contributed by atoms with Gasteiger partial charge in [-0.3, -0.25) is 0 Å². The number of piperazine rings is 1. The second-order valence-corrected chi connectivity index (χ2v) is 7.37. The molecule has 3 rings (SSSR count). The van der Waals surface area contributed by atoms with E-state index in [0.717, 1.165) is 56.5 Å². The normalized spacial score (nSPS) is 15.1. The molecule has 27 heavy (non-hydrogen) atoms. The molecular weight excluding hydrogens is 358 g/mol. The highest BCUT2D eigenvalue weighted by Gasteiger charge is 2.20. The molecule has 1 aliphatic heterocycles. The van der Waals surface area contributed by atoms with Crippen molar-refractivity contribution < 1.29 is 4.74 Å². The van der Waals surface area contributed by atoms with E-state index in [2.05, 4.69) is 51.5 Å². The molecule has 0 spiro atoms. The molecule has 0 radical (unpaired) electrons. The lowest BCUT2D eigenvalue weighted by Crippen LogP contribution is -2.52. The summed E-state index contributed by atoms with van der Waals surface area (Å²) in [5.41, 5.74) is 2.30. The number of hydrogen-bond donors (Lipinski definition) is 1. The van der Waals surface area contributed by atoms with Gasteiger partial charge in [0, 0.05) is 43.8 Å². The van der Waals surface area contributed by atoms with E-state index in [1.54, 1.807) is 18.4 Å². The minimum absolute atomic E-state index is 0.636. The molecule has 1 aliphatic rings. The van der Waals surface area contributed by atoms with E-state index in [1.807, 2.05) is 12.1 Å². The molecule has 1 fully saturated rings. The smallest absolute Gasteiger partial charge is 0.194 e. The van der Waals surface area contributed by atoms with Crippen LogP contribution in [0.1, 0.15) is 24.5 Å². The summed E-state index contributed by atoms with van der Waals surface area (Å²) in [6.07, 6.45) is 0.988. The van der Waals surface area contributed by atoms with Crippen LogP contribution in [0.2, 0.25) is 0 Å². The Bertz CT molecular complexity index is 735. The SMILES string of the molecule is CCNC(=NCc1csc(CC)n1)N1CCN(c2ccc(OC)cc2)CC1. The first kappa shape index (κ1) is 19.5. The van der Waals surface area contributed by atoms with Gasteiger partial charge >= 0.3 is 0 Å². The lowest BCUT2D eigenvalue weighted by Gasteiger charge is -2.37. The number of rotatable bonds is 6. The van der Waals surface area contributed by atoms with Crippen LogP contribution >= 0.6 is 11.3 Å². The van der Waals surface area contributed by atoms with Gasteiger partial charge in [-0.2, -0.15) is 0 Å². The number of aromatic nitrogens is 1. The third-order valence-corrected chi connectivity index (χ3v) is 5.69. The number of nitrogens with zero attached hydrogens (tertiary/aromatic N) is 4. The van der Waals surface area contributed by atoms with Crippen LogP contribution in [0.5, 0.6) is 5.75 Å². The summed E-state index contributed by atoms with van der Waals surface area (Å²) in [6.45, 7) is 9.62. The summed E-state index contributed by atoms with van der Waals surface area (Å²) in [6, 6.07) is 8.29. The Morgan fingerprint density at radius 1 is 1.19 bits per heavy atom. The van der Waals surface area contributed by atoms with E-state index in [4.69, 9.17) is 9.73 Å². The maximum absolute atomic E-state index is 5.25. The number of benzene rings is 1. The predicted octanol–water partition coefficient (Wildman–Crippen LogP) is 3.00. The first-order valence-corrected chi connectivity index (χ1v) is 10.5. The van der Waals surface area contributed by atoms with Crippen molar-refractivity contribution in [1.82, 2.24) is 15.2 Å². The van der Waals surface area contributed by atoms with Gasteiger partial charge in [0.05, 0.1) is 24.4 Å². The topological polar surface area (TPSA) is 53.0 Å². The second kappa shape index (κ2) is 9.60. The Morgan fingerprint density at radius 3 is 2.52 bits per heavy atom. The molecule has 1 aromatic carbocycles. The number of nitrogens with one attached hydrogen (secondary N) is 1. The fourth-order valence-corrected chi connectivity index (χ4v) is 3.87. The van der Waals surface area contributed by atoms with Crippen molar-refractivity contribution in [3.8, 4) is 5.75 Å². The highest BCUT2D eigenvalue weighted by atomic mass is 32.1. The molecule has 0 amide bonds. The van der Waals surface area contributed by atoms with Crippen molar-refractivity contribution in [2.45, 2.75) is 26.8 Å². The van der Waals surface area contributed by atoms with Gasteiger partial charge in [-0.15, -0.1) is 11.3 Å². The maximum atomic E-state index is 5.25. The highest BCUT2D eigenvalue weighted by Crippen LogP contribution is 2.20. The predicted molar refractivity (Wildman–Crippen MR) is 113 cm³/mol. The van der Waals surface area contributed by atoms with E-state index in [-0.39, 0.29) is 0 Å². The number of aliphatic imine (C=N–C) groups is 1. The van der Waals surface area contributed by atoms with Crippen LogP contribution in [0.4, 0.5) is 5.69 Å². The van der Waals surface area contributed by atoms with Crippen LogP contribution in [-0.4, -0.2) is 55.7 Å². The molecular formula is C20H29N5OS. The van der Waals surface area contributed by atoms with Crippen LogP contribution in [-0.2, 0) is 13.0 Å². The van der Waals surface area contributed by atoms with Crippen molar-refractivity contribution in [3.05, 3.63) is 40.3 Å². The molecule has 146 valence electrons. The summed E-state index contributed by atoms with van der Waals surface area (Å²) >= 11 is 1.72. The van der Waals surface area contributed by atoms with Gasteiger partial charge in [-0.1, -0.05) is 6.92 Å². The summed E-state index contributed by atoms with van der Waals surface area (Å²) in [5.74, 6) is 1.88. The molecule has 0 saturated carbocycles. The monoisotopic (exact) mass is 387 g/mol. The Hall–Kier alpha value is -2.28. The minimum Gasteiger partial charge on any atom is -0.497 e. The van der Waals surface area contributed by atoms with Crippen molar-refractivity contribution in [2.24, 2.45) is 4.99 Å². The zero-order valence-electron chi connectivity index (χ0n) is 16.4. The van der Waals surface area contributed by atoms with Crippen molar-refractivity contribution in [2.75, 3.05) is 44.7 Å². The fraction of sp³-hybridized carbons (Fsp3) is 0.500. The maximum Gasteiger partial charge on any atom is 0.194 e. The third kappa shape index (κ3) is 5.13. The van der Waals surface area contributed by atoms with Gasteiger partial charge in [-0.25, -0.2) is 9.98 Å². The molecule has 0 unspecified atom stereocenters. The van der Waals surface area contributed by atoms with Crippen molar-refractivity contribution in [3.63, 3.8) is 0 Å². The lowest BCUT2D eigenvalue weighted by molar-refractivity contribution is 0.372. The van der Waals surface area contributed by atoms with Gasteiger partial charge in [0.2, 0.25) is 0 Å². The van der Waals surface area contributed by atoms with E-state index in [0.29, 0.717) is 6.54 Å². The number of ether oxygens (including phenoxy) is 1. The van der Waals surface area contributed by atoms with Gasteiger partial charge in [0.1, 0.15) is 5.75 Å². The Morgan fingerprint density at radius 2 is 1.93 bits per heavy atom. The number of hydrogen-bond acceptors (Lipinski definition) is 5. The summed E-state index contributed by atoms with van der Waals surface area (Å²) < 4.78 is 5.25. The standard InChI is InChI=1S/C20H29N5OS/c1-4-19-23-16(15-27-19)14-22-20(21-5-2)25-12-10-24(11-13-25)17-6-8-18(26-3)9-7-17/h6-9,15H,4-5,10-14H2,1-3H3,(H,21,22). The largest absolute Gasteiger partial charge is 0.497 e. The molecule has 6 nitrogen and oxygen atoms in total. The van der Waals surface area contributed by atoms with E-state index in [9.17, 15) is 0 Å². The first-order chi connectivity index (χ1) is 13.2. The zero-order chi connectivity index (χ0) is 19.1. The van der Waals surface area contributed by atoms with Crippen LogP contribution in [0.25, 0.3) is 0 Å². The highest BCUT2D eigenvalue weighted by molar-refractivity contribution is 7.09. The molecule has 0 bridgehead atoms. The number of methoxy groups -OCH3 is 1. The summed E-state index contributed by atoms with van der Waals surface area (Å²) in [5, 5.41) is 6.73. The molecule has 1 aromatic heterocycles. The third-order valence-electron chi connectivity index (χ3n) is 4.64. The van der Waals surface area contributed by atoms with E-state index < -0.39 is 0 Å². The minimum atomic E-state index is 0.636. The second-order valence-electron chi connectivity index (χ2n) is 6.43. The lowest BCUT2D eigenvalue weighted by atomic mass is 10.2. The van der Waals surface area contributed by atoms with Crippen LogP contribution in [0.15, 0.2) is 34.6 Å². The van der Waals surface area contributed by atoms with Crippen LogP contribution in [0, 0.1) is 0 Å². The molecule has 7 heteroatoms. The zero-order valence-corrected chi connectivity index (χ0v) is 17.3. The number of thiazole rings is 1. The van der Waals surface area contributed by atoms with Gasteiger partial charge in [0.25, 0.3) is 0 Å². The average molecular weight is 388 g/mol. The summed E-state index contributed by atoms with van der Waals surface area (Å²) in [7, 11) is 1.70. The van der Waals surface area contributed by atoms with Crippen molar-refractivity contribution >= 4 is 23.0 Å². The molecule has 0 atom stereocenters. The van der Waals surface area contributed by atoms with Crippen LogP contribution < -0.4 is 15.0 Å². The number of anilines is 1. The molecule has 2 aromatic rings. The van der Waals surface area contributed by atoms with E-state index in [1.165, 1.54) is 10.7 Å². The number of aryl methyl sites for hydroxylation is 1. The Kier molecular flexibility index (Phi) is 6.92. The molecule has 0 aliphatic carbocycles. The quantitative estimate of drug-likeness (QED) is 0.610. The average Bonchev–Trinajstić information content (AvgIpc) is 3.19.